The van der Waals surface area contributed by atoms with Crippen LogP contribution >= 0.6 is 0 Å². The summed E-state index contributed by atoms with van der Waals surface area (Å²) in [5.41, 5.74) is 2.83. The number of aryl methyl sites for hydroxylation is 1. The molecule has 0 bridgehead atoms. The minimum absolute atomic E-state index is 0.0722. The van der Waals surface area contributed by atoms with Crippen molar-refractivity contribution in [1.82, 2.24) is 19.4 Å². The summed E-state index contributed by atoms with van der Waals surface area (Å²) in [5, 5.41) is 0. The van der Waals surface area contributed by atoms with Crippen LogP contribution in [0.1, 0.15) is 40.3 Å². The summed E-state index contributed by atoms with van der Waals surface area (Å²) >= 11 is 0. The van der Waals surface area contributed by atoms with Crippen molar-refractivity contribution < 1.29 is 9.18 Å². The average Bonchev–Trinajstić information content (AvgIpc) is 3.09. The second kappa shape index (κ2) is 8.55. The van der Waals surface area contributed by atoms with Crippen molar-refractivity contribution in [3.8, 4) is 0 Å². The topological polar surface area (TPSA) is 51.0 Å². The first-order chi connectivity index (χ1) is 14.1. The van der Waals surface area contributed by atoms with Crippen LogP contribution in [-0.4, -0.2) is 38.4 Å². The Morgan fingerprint density at radius 1 is 1.17 bits per heavy atom. The molecule has 0 spiro atoms. The molecule has 1 aliphatic heterocycles. The van der Waals surface area contributed by atoms with E-state index in [1.165, 1.54) is 12.1 Å². The number of carbonyl (C=O) groups excluding carboxylic acids is 1. The van der Waals surface area contributed by atoms with Gasteiger partial charge in [-0.15, -0.1) is 0 Å². The number of carbonyl (C=O) groups is 1. The first-order valence-electron chi connectivity index (χ1n) is 10.0. The highest BCUT2D eigenvalue weighted by Gasteiger charge is 2.26. The SMILES string of the molecule is Cc1cnc(CC2CCCN(C(=O)c3ccncc3)C2)n1Cc1ccc(F)cc1. The Balaban J connectivity index is 1.45. The van der Waals surface area contributed by atoms with E-state index in [4.69, 9.17) is 0 Å². The maximum absolute atomic E-state index is 13.2. The molecule has 1 fully saturated rings. The van der Waals surface area contributed by atoms with Gasteiger partial charge in [-0.3, -0.25) is 9.78 Å². The molecule has 2 aromatic heterocycles. The standard InChI is InChI=1S/C23H25FN4O/c1-17-14-26-22(28(17)16-18-4-6-21(24)7-5-18)13-19-3-2-12-27(15-19)23(29)20-8-10-25-11-9-20/h4-11,14,19H,2-3,12-13,15-16H2,1H3. The van der Waals surface area contributed by atoms with E-state index in [0.29, 0.717) is 18.0 Å². The lowest BCUT2D eigenvalue weighted by Gasteiger charge is -2.33. The molecule has 1 saturated heterocycles. The Hall–Kier alpha value is -3.02. The molecule has 29 heavy (non-hydrogen) atoms. The third-order valence-electron chi connectivity index (χ3n) is 5.60. The van der Waals surface area contributed by atoms with Crippen LogP contribution < -0.4 is 0 Å². The van der Waals surface area contributed by atoms with Crippen molar-refractivity contribution in [3.05, 3.63) is 83.5 Å². The molecule has 4 rings (SSSR count). The molecule has 0 radical (unpaired) electrons. The normalized spacial score (nSPS) is 16.8. The van der Waals surface area contributed by atoms with Gasteiger partial charge in [-0.05, 0) is 55.5 Å². The van der Waals surface area contributed by atoms with Gasteiger partial charge in [-0.25, -0.2) is 9.37 Å². The number of halogens is 1. The van der Waals surface area contributed by atoms with Gasteiger partial charge in [0.05, 0.1) is 0 Å². The number of nitrogens with zero attached hydrogens (tertiary/aromatic N) is 4. The summed E-state index contributed by atoms with van der Waals surface area (Å²) in [6.45, 7) is 4.25. The molecule has 1 amide bonds. The summed E-state index contributed by atoms with van der Waals surface area (Å²) in [7, 11) is 0. The van der Waals surface area contributed by atoms with Crippen molar-refractivity contribution in [2.75, 3.05) is 13.1 Å². The van der Waals surface area contributed by atoms with Crippen LogP contribution in [0.4, 0.5) is 4.39 Å². The van der Waals surface area contributed by atoms with E-state index in [1.54, 1.807) is 24.5 Å². The third-order valence-corrected chi connectivity index (χ3v) is 5.60. The van der Waals surface area contributed by atoms with Crippen molar-refractivity contribution in [3.63, 3.8) is 0 Å². The van der Waals surface area contributed by atoms with Gasteiger partial charge in [-0.1, -0.05) is 12.1 Å². The smallest absolute Gasteiger partial charge is 0.253 e. The van der Waals surface area contributed by atoms with Gasteiger partial charge in [0.1, 0.15) is 11.6 Å². The number of hydrogen-bond donors (Lipinski definition) is 0. The Morgan fingerprint density at radius 2 is 1.93 bits per heavy atom. The van der Waals surface area contributed by atoms with E-state index in [-0.39, 0.29) is 11.7 Å². The van der Waals surface area contributed by atoms with E-state index in [2.05, 4.69) is 14.5 Å². The predicted octanol–water partition coefficient (Wildman–Crippen LogP) is 3.87. The summed E-state index contributed by atoms with van der Waals surface area (Å²) in [6, 6.07) is 10.1. The molecule has 150 valence electrons. The minimum atomic E-state index is -0.225. The maximum atomic E-state index is 13.2. The highest BCUT2D eigenvalue weighted by molar-refractivity contribution is 5.94. The second-order valence-corrected chi connectivity index (χ2v) is 7.73. The molecular formula is C23H25FN4O. The van der Waals surface area contributed by atoms with E-state index >= 15 is 0 Å². The molecule has 1 unspecified atom stereocenters. The van der Waals surface area contributed by atoms with E-state index in [0.717, 1.165) is 49.4 Å². The lowest BCUT2D eigenvalue weighted by atomic mass is 9.94. The fraction of sp³-hybridized carbons (Fsp3) is 0.348. The molecule has 0 aliphatic carbocycles. The van der Waals surface area contributed by atoms with Gasteiger partial charge in [0.2, 0.25) is 0 Å². The molecule has 5 nitrogen and oxygen atoms in total. The number of benzene rings is 1. The monoisotopic (exact) mass is 392 g/mol. The zero-order chi connectivity index (χ0) is 20.2. The second-order valence-electron chi connectivity index (χ2n) is 7.73. The molecule has 1 atom stereocenters. The fourth-order valence-corrected chi connectivity index (χ4v) is 4.01. The zero-order valence-electron chi connectivity index (χ0n) is 16.6. The highest BCUT2D eigenvalue weighted by Crippen LogP contribution is 2.23. The quantitative estimate of drug-likeness (QED) is 0.662. The van der Waals surface area contributed by atoms with Crippen LogP contribution in [0.25, 0.3) is 0 Å². The summed E-state index contributed by atoms with van der Waals surface area (Å²) in [4.78, 5) is 23.4. The number of hydrogen-bond acceptors (Lipinski definition) is 3. The number of rotatable bonds is 5. The first-order valence-corrected chi connectivity index (χ1v) is 10.0. The van der Waals surface area contributed by atoms with Crippen molar-refractivity contribution >= 4 is 5.91 Å². The maximum Gasteiger partial charge on any atom is 0.253 e. The van der Waals surface area contributed by atoms with Crippen LogP contribution in [-0.2, 0) is 13.0 Å². The molecular weight excluding hydrogens is 367 g/mol. The van der Waals surface area contributed by atoms with Crippen LogP contribution in [0.15, 0.2) is 55.0 Å². The Kier molecular flexibility index (Phi) is 5.69. The number of aromatic nitrogens is 3. The lowest BCUT2D eigenvalue weighted by Crippen LogP contribution is -2.40. The van der Waals surface area contributed by atoms with Gasteiger partial charge in [-0.2, -0.15) is 0 Å². The molecule has 0 N–H and O–H groups in total. The predicted molar refractivity (Wildman–Crippen MR) is 109 cm³/mol. The molecule has 3 aromatic rings. The van der Waals surface area contributed by atoms with Gasteiger partial charge < -0.3 is 9.47 Å². The highest BCUT2D eigenvalue weighted by atomic mass is 19.1. The molecule has 1 aromatic carbocycles. The summed E-state index contributed by atoms with van der Waals surface area (Å²) in [5.74, 6) is 1.25. The largest absolute Gasteiger partial charge is 0.338 e. The number of imidazole rings is 1. The number of piperidine rings is 1. The number of amides is 1. The van der Waals surface area contributed by atoms with Crippen molar-refractivity contribution in [2.45, 2.75) is 32.7 Å². The Bertz CT molecular complexity index is 968. The Morgan fingerprint density at radius 3 is 2.69 bits per heavy atom. The number of pyridine rings is 1. The molecule has 0 saturated carbocycles. The Labute approximate surface area is 170 Å². The average molecular weight is 392 g/mol. The van der Waals surface area contributed by atoms with E-state index in [9.17, 15) is 9.18 Å². The van der Waals surface area contributed by atoms with E-state index < -0.39 is 0 Å². The number of likely N-dealkylation sites (tertiary alicyclic amines) is 1. The van der Waals surface area contributed by atoms with E-state index in [1.807, 2.05) is 30.2 Å². The fourth-order valence-electron chi connectivity index (χ4n) is 4.01. The summed E-state index contributed by atoms with van der Waals surface area (Å²) in [6.07, 6.45) is 8.12. The molecule has 1 aliphatic rings. The first kappa shape index (κ1) is 19.3. The van der Waals surface area contributed by atoms with Crippen LogP contribution in [0.2, 0.25) is 0 Å². The minimum Gasteiger partial charge on any atom is -0.338 e. The van der Waals surface area contributed by atoms with Gasteiger partial charge in [0.25, 0.3) is 5.91 Å². The van der Waals surface area contributed by atoms with Gasteiger partial charge in [0, 0.05) is 55.9 Å². The van der Waals surface area contributed by atoms with Crippen LogP contribution in [0, 0.1) is 18.7 Å². The van der Waals surface area contributed by atoms with Crippen molar-refractivity contribution in [2.24, 2.45) is 5.92 Å². The molecule has 3 heterocycles. The third kappa shape index (κ3) is 4.53. The van der Waals surface area contributed by atoms with Crippen molar-refractivity contribution in [1.29, 1.82) is 0 Å². The van der Waals surface area contributed by atoms with Crippen LogP contribution in [0.3, 0.4) is 0 Å². The zero-order valence-corrected chi connectivity index (χ0v) is 16.6. The summed E-state index contributed by atoms with van der Waals surface area (Å²) < 4.78 is 15.4. The molecule has 6 heteroatoms. The lowest BCUT2D eigenvalue weighted by molar-refractivity contribution is 0.0671. The van der Waals surface area contributed by atoms with Gasteiger partial charge in [0.15, 0.2) is 0 Å². The van der Waals surface area contributed by atoms with Gasteiger partial charge >= 0.3 is 0 Å². The van der Waals surface area contributed by atoms with Crippen LogP contribution in [0.5, 0.6) is 0 Å².